The predicted octanol–water partition coefficient (Wildman–Crippen LogP) is 2.55. The van der Waals surface area contributed by atoms with Crippen molar-refractivity contribution in [3.63, 3.8) is 0 Å². The van der Waals surface area contributed by atoms with Gasteiger partial charge in [0.05, 0.1) is 11.0 Å². The topological polar surface area (TPSA) is 58.0 Å². The molecule has 5 nitrogen and oxygen atoms in total. The molecule has 2 aromatic heterocycles. The molecule has 0 spiro atoms. The van der Waals surface area contributed by atoms with Crippen molar-refractivity contribution in [2.24, 2.45) is 0 Å². The van der Waals surface area contributed by atoms with Crippen LogP contribution in [0.4, 0.5) is 5.95 Å². The summed E-state index contributed by atoms with van der Waals surface area (Å²) >= 11 is 3.44. The zero-order chi connectivity index (χ0) is 11.4. The van der Waals surface area contributed by atoms with Gasteiger partial charge in [-0.25, -0.2) is 9.50 Å². The van der Waals surface area contributed by atoms with Crippen LogP contribution in [-0.4, -0.2) is 25.6 Å². The molecule has 0 aliphatic heterocycles. The van der Waals surface area contributed by atoms with Crippen LogP contribution in [0.1, 0.15) is 12.8 Å². The highest BCUT2D eigenvalue weighted by atomic mass is 79.9. The van der Waals surface area contributed by atoms with Gasteiger partial charge in [-0.3, -0.25) is 5.10 Å². The van der Waals surface area contributed by atoms with Gasteiger partial charge in [0.2, 0.25) is 5.95 Å². The Labute approximate surface area is 105 Å². The predicted molar refractivity (Wildman–Crippen MR) is 69.2 cm³/mol. The Hall–Kier alpha value is -1.56. The van der Waals surface area contributed by atoms with Gasteiger partial charge in [0.15, 0.2) is 0 Å². The fourth-order valence-corrected chi connectivity index (χ4v) is 2.29. The molecule has 0 unspecified atom stereocenters. The van der Waals surface area contributed by atoms with Crippen LogP contribution < -0.4 is 5.32 Å². The number of aromatic amines is 1. The standard InChI is InChI=1S/C11H10BrN5/c12-6-1-4-9-8(5-6)14-11-15-10(16-17(9)11)13-7-2-3-7/h1,4-5,7H,2-3H2,(H2,13,14,15,16). The first kappa shape index (κ1) is 9.47. The molecule has 1 fully saturated rings. The summed E-state index contributed by atoms with van der Waals surface area (Å²) in [5, 5.41) is 6.56. The molecule has 2 heterocycles. The minimum absolute atomic E-state index is 0.589. The number of halogens is 1. The van der Waals surface area contributed by atoms with E-state index in [0.717, 1.165) is 21.5 Å². The number of benzene rings is 1. The summed E-state index contributed by atoms with van der Waals surface area (Å²) in [5.41, 5.74) is 1.98. The molecule has 0 atom stereocenters. The number of imidazole rings is 1. The van der Waals surface area contributed by atoms with Gasteiger partial charge in [-0.2, -0.15) is 4.98 Å². The summed E-state index contributed by atoms with van der Waals surface area (Å²) in [6.45, 7) is 0. The van der Waals surface area contributed by atoms with E-state index in [2.05, 4.69) is 36.3 Å². The Bertz CT molecular complexity index is 709. The zero-order valence-corrected chi connectivity index (χ0v) is 10.5. The minimum atomic E-state index is 0.589. The lowest BCUT2D eigenvalue weighted by atomic mass is 10.3. The highest BCUT2D eigenvalue weighted by molar-refractivity contribution is 9.10. The van der Waals surface area contributed by atoms with Gasteiger partial charge in [0.1, 0.15) is 0 Å². The lowest BCUT2D eigenvalue weighted by molar-refractivity contribution is 0.986. The number of fused-ring (bicyclic) bond motifs is 3. The molecule has 0 bridgehead atoms. The van der Waals surface area contributed by atoms with E-state index in [9.17, 15) is 0 Å². The average molecular weight is 292 g/mol. The van der Waals surface area contributed by atoms with Crippen molar-refractivity contribution in [1.82, 2.24) is 19.6 Å². The van der Waals surface area contributed by atoms with Crippen molar-refractivity contribution in [3.8, 4) is 0 Å². The molecule has 0 saturated heterocycles. The molecular weight excluding hydrogens is 282 g/mol. The number of H-pyrrole nitrogens is 1. The Morgan fingerprint density at radius 3 is 3.06 bits per heavy atom. The normalized spacial score (nSPS) is 15.8. The molecular formula is C11H10BrN5. The van der Waals surface area contributed by atoms with Crippen LogP contribution in [0.2, 0.25) is 0 Å². The Morgan fingerprint density at radius 2 is 2.24 bits per heavy atom. The van der Waals surface area contributed by atoms with Gasteiger partial charge in [-0.1, -0.05) is 15.9 Å². The van der Waals surface area contributed by atoms with Crippen molar-refractivity contribution in [2.45, 2.75) is 18.9 Å². The molecule has 0 radical (unpaired) electrons. The molecule has 6 heteroatoms. The molecule has 1 aliphatic carbocycles. The van der Waals surface area contributed by atoms with Crippen LogP contribution in [0.25, 0.3) is 16.8 Å². The van der Waals surface area contributed by atoms with Crippen molar-refractivity contribution in [2.75, 3.05) is 5.32 Å². The van der Waals surface area contributed by atoms with Crippen molar-refractivity contribution in [3.05, 3.63) is 22.7 Å². The molecule has 1 aromatic carbocycles. The quantitative estimate of drug-likeness (QED) is 0.763. The highest BCUT2D eigenvalue weighted by Gasteiger charge is 2.22. The second-order valence-electron chi connectivity index (χ2n) is 4.37. The molecule has 1 aliphatic rings. The summed E-state index contributed by atoms with van der Waals surface area (Å²) in [7, 11) is 0. The van der Waals surface area contributed by atoms with Crippen molar-refractivity contribution < 1.29 is 0 Å². The molecule has 86 valence electrons. The van der Waals surface area contributed by atoms with E-state index in [0.29, 0.717) is 11.8 Å². The number of nitrogens with zero attached hydrogens (tertiary/aromatic N) is 3. The third kappa shape index (κ3) is 1.51. The summed E-state index contributed by atoms with van der Waals surface area (Å²) in [6.07, 6.45) is 2.47. The van der Waals surface area contributed by atoms with Gasteiger partial charge >= 0.3 is 0 Å². The summed E-state index contributed by atoms with van der Waals surface area (Å²) in [4.78, 5) is 8.90. The monoisotopic (exact) mass is 291 g/mol. The lowest BCUT2D eigenvalue weighted by Gasteiger charge is -1.96. The highest BCUT2D eigenvalue weighted by Crippen LogP contribution is 2.24. The summed E-state index contributed by atoms with van der Waals surface area (Å²) in [5.74, 6) is 1.51. The number of hydrogen-bond donors (Lipinski definition) is 2. The van der Waals surface area contributed by atoms with Gasteiger partial charge in [-0.15, -0.1) is 0 Å². The molecule has 0 amide bonds. The van der Waals surface area contributed by atoms with Crippen LogP contribution in [0.5, 0.6) is 0 Å². The van der Waals surface area contributed by atoms with Crippen molar-refractivity contribution >= 4 is 38.7 Å². The molecule has 17 heavy (non-hydrogen) atoms. The Kier molecular flexibility index (Phi) is 1.80. The number of aromatic nitrogens is 4. The first-order valence-electron chi connectivity index (χ1n) is 5.60. The van der Waals surface area contributed by atoms with E-state index >= 15 is 0 Å². The smallest absolute Gasteiger partial charge is 0.253 e. The third-order valence-electron chi connectivity index (χ3n) is 2.95. The van der Waals surface area contributed by atoms with E-state index in [1.54, 1.807) is 0 Å². The van der Waals surface area contributed by atoms with Crippen LogP contribution >= 0.6 is 15.9 Å². The second kappa shape index (κ2) is 3.22. The molecule has 2 N–H and O–H groups in total. The maximum atomic E-state index is 4.47. The number of hydrogen-bond acceptors (Lipinski definition) is 3. The Balaban J connectivity index is 1.89. The first-order valence-corrected chi connectivity index (χ1v) is 6.39. The summed E-state index contributed by atoms with van der Waals surface area (Å²) < 4.78 is 2.94. The zero-order valence-electron chi connectivity index (χ0n) is 8.94. The maximum absolute atomic E-state index is 4.47. The number of rotatable bonds is 2. The van der Waals surface area contributed by atoms with Crippen LogP contribution in [0.15, 0.2) is 22.7 Å². The van der Waals surface area contributed by atoms with E-state index in [4.69, 9.17) is 0 Å². The third-order valence-corrected chi connectivity index (χ3v) is 3.44. The average Bonchev–Trinajstić information content (AvgIpc) is 2.91. The van der Waals surface area contributed by atoms with Gasteiger partial charge in [0.25, 0.3) is 5.78 Å². The van der Waals surface area contributed by atoms with Crippen LogP contribution in [-0.2, 0) is 0 Å². The fraction of sp³-hybridized carbons (Fsp3) is 0.273. The van der Waals surface area contributed by atoms with Crippen LogP contribution in [0, 0.1) is 0 Å². The summed E-state index contributed by atoms with van der Waals surface area (Å²) in [6, 6.07) is 6.61. The SMILES string of the molecule is Brc1ccc2c(c1)nc1nc(NC3CC3)[nH]n12. The second-order valence-corrected chi connectivity index (χ2v) is 5.29. The van der Waals surface area contributed by atoms with E-state index in [1.165, 1.54) is 12.8 Å². The first-order chi connectivity index (χ1) is 8.29. The fourth-order valence-electron chi connectivity index (χ4n) is 1.94. The molecule has 4 rings (SSSR count). The number of nitrogens with one attached hydrogen (secondary N) is 2. The number of anilines is 1. The Morgan fingerprint density at radius 1 is 1.35 bits per heavy atom. The van der Waals surface area contributed by atoms with Crippen molar-refractivity contribution in [1.29, 1.82) is 0 Å². The van der Waals surface area contributed by atoms with Gasteiger partial charge in [-0.05, 0) is 31.0 Å². The van der Waals surface area contributed by atoms with Crippen LogP contribution in [0.3, 0.4) is 0 Å². The lowest BCUT2D eigenvalue weighted by Crippen LogP contribution is -2.02. The van der Waals surface area contributed by atoms with Gasteiger partial charge in [0, 0.05) is 10.5 Å². The molecule has 1 saturated carbocycles. The largest absolute Gasteiger partial charge is 0.352 e. The molecule has 3 aromatic rings. The van der Waals surface area contributed by atoms with E-state index in [1.807, 2.05) is 22.7 Å². The minimum Gasteiger partial charge on any atom is -0.352 e. The van der Waals surface area contributed by atoms with E-state index < -0.39 is 0 Å². The van der Waals surface area contributed by atoms with Gasteiger partial charge < -0.3 is 5.32 Å². The maximum Gasteiger partial charge on any atom is 0.253 e. The van der Waals surface area contributed by atoms with E-state index in [-0.39, 0.29) is 0 Å².